The fourth-order valence-electron chi connectivity index (χ4n) is 2.34. The van der Waals surface area contributed by atoms with Crippen molar-refractivity contribution in [2.45, 2.75) is 25.7 Å². The highest BCUT2D eigenvalue weighted by Gasteiger charge is 2.20. The number of nitrogens with zero attached hydrogens (tertiary/aromatic N) is 1. The van der Waals surface area contributed by atoms with Crippen molar-refractivity contribution in [1.29, 1.82) is 0 Å². The Labute approximate surface area is 143 Å². The zero-order valence-electron chi connectivity index (χ0n) is 14.5. The van der Waals surface area contributed by atoms with Crippen LogP contribution in [0, 0.1) is 20.8 Å². The van der Waals surface area contributed by atoms with E-state index in [4.69, 9.17) is 0 Å². The maximum Gasteiger partial charge on any atom is 0.262 e. The average Bonchev–Trinajstić information content (AvgIpc) is 2.51. The summed E-state index contributed by atoms with van der Waals surface area (Å²) in [6, 6.07) is 10.2. The number of amides is 1. The molecule has 0 bridgehead atoms. The summed E-state index contributed by atoms with van der Waals surface area (Å²) in [7, 11) is -0.526. The van der Waals surface area contributed by atoms with Gasteiger partial charge >= 0.3 is 0 Å². The predicted molar refractivity (Wildman–Crippen MR) is 95.9 cm³/mol. The van der Waals surface area contributed by atoms with Crippen LogP contribution in [-0.2, 0) is 10.0 Å². The molecule has 128 valence electrons. The summed E-state index contributed by atoms with van der Waals surface area (Å²) in [6.07, 6.45) is 0. The van der Waals surface area contributed by atoms with Gasteiger partial charge in [-0.15, -0.1) is 0 Å². The van der Waals surface area contributed by atoms with Crippen molar-refractivity contribution in [2.75, 3.05) is 18.8 Å². The summed E-state index contributed by atoms with van der Waals surface area (Å²) < 4.78 is 28.2. The maximum absolute atomic E-state index is 12.8. The highest BCUT2D eigenvalue weighted by Crippen LogP contribution is 2.24. The van der Waals surface area contributed by atoms with Crippen molar-refractivity contribution >= 4 is 21.6 Å². The van der Waals surface area contributed by atoms with Crippen LogP contribution in [-0.4, -0.2) is 33.3 Å². The summed E-state index contributed by atoms with van der Waals surface area (Å²) >= 11 is 0. The van der Waals surface area contributed by atoms with Gasteiger partial charge in [0, 0.05) is 19.7 Å². The molecule has 0 heterocycles. The van der Waals surface area contributed by atoms with Crippen LogP contribution in [0.1, 0.15) is 27.0 Å². The van der Waals surface area contributed by atoms with Gasteiger partial charge < -0.3 is 4.90 Å². The molecule has 0 saturated carbocycles. The second-order valence-electron chi connectivity index (χ2n) is 6.03. The Morgan fingerprint density at radius 2 is 1.67 bits per heavy atom. The van der Waals surface area contributed by atoms with Crippen molar-refractivity contribution < 1.29 is 13.2 Å². The van der Waals surface area contributed by atoms with Crippen LogP contribution in [0.4, 0.5) is 5.69 Å². The molecule has 0 spiro atoms. The van der Waals surface area contributed by atoms with Gasteiger partial charge in [-0.3, -0.25) is 9.52 Å². The minimum absolute atomic E-state index is 0.108. The Kier molecular flexibility index (Phi) is 4.99. The molecule has 0 aliphatic heterocycles. The summed E-state index contributed by atoms with van der Waals surface area (Å²) in [4.78, 5) is 13.6. The van der Waals surface area contributed by atoms with Crippen LogP contribution in [0.3, 0.4) is 0 Å². The topological polar surface area (TPSA) is 66.5 Å². The first-order valence-electron chi connectivity index (χ1n) is 7.55. The van der Waals surface area contributed by atoms with E-state index in [1.807, 2.05) is 19.9 Å². The molecular formula is C18H22N2O3S. The van der Waals surface area contributed by atoms with E-state index in [1.165, 1.54) is 11.0 Å². The van der Waals surface area contributed by atoms with Gasteiger partial charge in [0.2, 0.25) is 0 Å². The molecule has 6 heteroatoms. The Balaban J connectivity index is 2.47. The largest absolute Gasteiger partial charge is 0.345 e. The second-order valence-corrected chi connectivity index (χ2v) is 7.68. The number of anilines is 1. The van der Waals surface area contributed by atoms with Crippen LogP contribution in [0.15, 0.2) is 41.3 Å². The summed E-state index contributed by atoms with van der Waals surface area (Å²) in [5, 5.41) is 0. The normalized spacial score (nSPS) is 11.2. The molecule has 5 nitrogen and oxygen atoms in total. The zero-order chi connectivity index (χ0) is 18.1. The standard InChI is InChI=1S/C18H22N2O3S/c1-12-7-6-8-16(14(12)3)19-24(22,23)17-11-15(10-9-13(17)2)18(21)20(4)5/h6-11,19H,1-5H3. The van der Waals surface area contributed by atoms with E-state index in [1.54, 1.807) is 45.3 Å². The lowest BCUT2D eigenvalue weighted by molar-refractivity contribution is 0.0827. The predicted octanol–water partition coefficient (Wildman–Crippen LogP) is 3.11. The van der Waals surface area contributed by atoms with E-state index in [-0.39, 0.29) is 10.8 Å². The second kappa shape index (κ2) is 6.65. The van der Waals surface area contributed by atoms with Gasteiger partial charge in [0.15, 0.2) is 0 Å². The molecule has 0 unspecified atom stereocenters. The molecule has 0 fully saturated rings. The van der Waals surface area contributed by atoms with E-state index in [2.05, 4.69) is 4.72 Å². The fraction of sp³-hybridized carbons (Fsp3) is 0.278. The number of rotatable bonds is 4. The minimum atomic E-state index is -3.79. The number of carbonyl (C=O) groups is 1. The van der Waals surface area contributed by atoms with Gasteiger partial charge in [0.1, 0.15) is 0 Å². The number of sulfonamides is 1. The van der Waals surface area contributed by atoms with Crippen LogP contribution < -0.4 is 4.72 Å². The lowest BCUT2D eigenvalue weighted by Crippen LogP contribution is -2.22. The molecular weight excluding hydrogens is 324 g/mol. The lowest BCUT2D eigenvalue weighted by atomic mass is 10.1. The molecule has 0 aromatic heterocycles. The van der Waals surface area contributed by atoms with Crippen LogP contribution in [0.5, 0.6) is 0 Å². The van der Waals surface area contributed by atoms with Gasteiger partial charge in [-0.25, -0.2) is 8.42 Å². The van der Waals surface area contributed by atoms with E-state index in [0.29, 0.717) is 16.8 Å². The molecule has 1 N–H and O–H groups in total. The number of nitrogens with one attached hydrogen (secondary N) is 1. The van der Waals surface area contributed by atoms with E-state index < -0.39 is 10.0 Å². The number of benzene rings is 2. The molecule has 0 aliphatic rings. The Hall–Kier alpha value is -2.34. The summed E-state index contributed by atoms with van der Waals surface area (Å²) in [5.41, 5.74) is 3.34. The fourth-order valence-corrected chi connectivity index (χ4v) is 3.74. The van der Waals surface area contributed by atoms with Crippen molar-refractivity contribution in [3.63, 3.8) is 0 Å². The number of carbonyl (C=O) groups excluding carboxylic acids is 1. The molecule has 0 atom stereocenters. The maximum atomic E-state index is 12.8. The third-order valence-electron chi connectivity index (χ3n) is 3.98. The van der Waals surface area contributed by atoms with Crippen molar-refractivity contribution in [2.24, 2.45) is 0 Å². The Bertz CT molecular complexity index is 887. The van der Waals surface area contributed by atoms with Crippen LogP contribution in [0.2, 0.25) is 0 Å². The molecule has 2 aromatic rings. The van der Waals surface area contributed by atoms with Gasteiger partial charge in [-0.05, 0) is 55.7 Å². The third kappa shape index (κ3) is 3.59. The first-order valence-corrected chi connectivity index (χ1v) is 9.03. The van der Waals surface area contributed by atoms with Crippen LogP contribution >= 0.6 is 0 Å². The van der Waals surface area contributed by atoms with Gasteiger partial charge in [0.25, 0.3) is 15.9 Å². The quantitative estimate of drug-likeness (QED) is 0.925. The first-order chi connectivity index (χ1) is 11.1. The van der Waals surface area contributed by atoms with Crippen molar-refractivity contribution in [1.82, 2.24) is 4.90 Å². The summed E-state index contributed by atoms with van der Waals surface area (Å²) in [5.74, 6) is -0.238. The third-order valence-corrected chi connectivity index (χ3v) is 5.49. The van der Waals surface area contributed by atoms with Gasteiger partial charge in [-0.1, -0.05) is 18.2 Å². The Morgan fingerprint density at radius 3 is 2.29 bits per heavy atom. The molecule has 0 saturated heterocycles. The highest BCUT2D eigenvalue weighted by molar-refractivity contribution is 7.92. The van der Waals surface area contributed by atoms with Gasteiger partial charge in [0.05, 0.1) is 10.6 Å². The number of hydrogen-bond donors (Lipinski definition) is 1. The van der Waals surface area contributed by atoms with Gasteiger partial charge in [-0.2, -0.15) is 0 Å². The van der Waals surface area contributed by atoms with Crippen LogP contribution in [0.25, 0.3) is 0 Å². The number of hydrogen-bond acceptors (Lipinski definition) is 3. The molecule has 0 aliphatic carbocycles. The minimum Gasteiger partial charge on any atom is -0.345 e. The SMILES string of the molecule is Cc1ccc(C(=O)N(C)C)cc1S(=O)(=O)Nc1cccc(C)c1C. The van der Waals surface area contributed by atoms with Crippen molar-refractivity contribution in [3.8, 4) is 0 Å². The molecule has 2 aromatic carbocycles. The molecule has 0 radical (unpaired) electrons. The zero-order valence-corrected chi connectivity index (χ0v) is 15.4. The lowest BCUT2D eigenvalue weighted by Gasteiger charge is -2.15. The highest BCUT2D eigenvalue weighted by atomic mass is 32.2. The smallest absolute Gasteiger partial charge is 0.262 e. The monoisotopic (exact) mass is 346 g/mol. The average molecular weight is 346 g/mol. The number of aryl methyl sites for hydroxylation is 2. The first kappa shape index (κ1) is 18.0. The summed E-state index contributed by atoms with van der Waals surface area (Å²) in [6.45, 7) is 5.50. The Morgan fingerprint density at radius 1 is 1.00 bits per heavy atom. The molecule has 1 amide bonds. The van der Waals surface area contributed by atoms with E-state index in [9.17, 15) is 13.2 Å². The molecule has 2 rings (SSSR count). The van der Waals surface area contributed by atoms with E-state index in [0.717, 1.165) is 11.1 Å². The van der Waals surface area contributed by atoms with E-state index >= 15 is 0 Å². The van der Waals surface area contributed by atoms with Crippen molar-refractivity contribution in [3.05, 3.63) is 58.7 Å². The molecule has 24 heavy (non-hydrogen) atoms.